The molecule has 1 fully saturated rings. The van der Waals surface area contributed by atoms with Gasteiger partial charge in [-0.1, -0.05) is 15.5 Å². The van der Waals surface area contributed by atoms with Crippen LogP contribution in [-0.2, 0) is 19.3 Å². The van der Waals surface area contributed by atoms with Crippen molar-refractivity contribution in [3.8, 4) is 0 Å². The maximum atomic E-state index is 12.4. The normalized spacial score (nSPS) is 16.8. The summed E-state index contributed by atoms with van der Waals surface area (Å²) in [6.07, 6.45) is 1.36. The Hall–Kier alpha value is -2.12. The van der Waals surface area contributed by atoms with Gasteiger partial charge in [0.25, 0.3) is 5.91 Å². The summed E-state index contributed by atoms with van der Waals surface area (Å²) >= 11 is 0. The molecule has 0 saturated carbocycles. The van der Waals surface area contributed by atoms with Crippen LogP contribution in [0.15, 0.2) is 15.5 Å². The third-order valence-electron chi connectivity index (χ3n) is 2.80. The summed E-state index contributed by atoms with van der Waals surface area (Å²) in [5.41, 5.74) is 1.46. The molecule has 1 saturated heterocycles. The highest BCUT2D eigenvalue weighted by Gasteiger charge is 2.26. The Bertz CT molecular complexity index is 421. The highest BCUT2D eigenvalue weighted by Crippen LogP contribution is 2.09. The first kappa shape index (κ1) is 15.9. The molecule has 8 nitrogen and oxygen atoms in total. The number of carbonyl (C=O) groups is 1. The van der Waals surface area contributed by atoms with Crippen molar-refractivity contribution in [3.05, 3.63) is 0 Å². The van der Waals surface area contributed by atoms with Crippen LogP contribution in [0.5, 0.6) is 0 Å². The molecule has 20 heavy (non-hydrogen) atoms. The van der Waals surface area contributed by atoms with Gasteiger partial charge < -0.3 is 19.4 Å². The fourth-order valence-corrected chi connectivity index (χ4v) is 1.87. The van der Waals surface area contributed by atoms with Gasteiger partial charge in [-0.3, -0.25) is 4.79 Å². The van der Waals surface area contributed by atoms with E-state index in [1.54, 1.807) is 11.8 Å². The minimum atomic E-state index is -0.235. The zero-order valence-corrected chi connectivity index (χ0v) is 12.3. The summed E-state index contributed by atoms with van der Waals surface area (Å²) in [6.45, 7) is 2.76. The molecule has 8 heteroatoms. The lowest BCUT2D eigenvalue weighted by Gasteiger charge is -2.27. The number of oxime groups is 3. The van der Waals surface area contributed by atoms with Crippen molar-refractivity contribution in [1.82, 2.24) is 4.90 Å². The summed E-state index contributed by atoms with van der Waals surface area (Å²) in [4.78, 5) is 28.2. The van der Waals surface area contributed by atoms with E-state index in [1.807, 2.05) is 0 Å². The van der Waals surface area contributed by atoms with Crippen molar-refractivity contribution in [2.75, 3.05) is 34.4 Å². The van der Waals surface area contributed by atoms with E-state index in [-0.39, 0.29) is 11.6 Å². The molecule has 0 aromatic rings. The molecular weight excluding hydrogens is 264 g/mol. The minimum Gasteiger partial charge on any atom is -0.399 e. The van der Waals surface area contributed by atoms with Gasteiger partial charge in [-0.05, 0) is 6.92 Å². The Morgan fingerprint density at radius 1 is 1.05 bits per heavy atom. The Kier molecular flexibility index (Phi) is 6.48. The van der Waals surface area contributed by atoms with Gasteiger partial charge in [-0.25, -0.2) is 0 Å². The quantitative estimate of drug-likeness (QED) is 0.547. The van der Waals surface area contributed by atoms with E-state index in [4.69, 9.17) is 9.68 Å². The zero-order valence-electron chi connectivity index (χ0n) is 12.3. The van der Waals surface area contributed by atoms with Crippen LogP contribution in [0.2, 0.25) is 0 Å². The summed E-state index contributed by atoms with van der Waals surface area (Å²) < 4.78 is 0. The monoisotopic (exact) mass is 284 g/mol. The van der Waals surface area contributed by atoms with Gasteiger partial charge in [0.05, 0.1) is 5.71 Å². The van der Waals surface area contributed by atoms with Crippen molar-refractivity contribution < 1.29 is 19.3 Å². The number of rotatable bonds is 5. The Morgan fingerprint density at radius 3 is 2.15 bits per heavy atom. The SMILES string of the molecule is CON=C1CCN(C(=O)C(=NOC)C(C)=NOC)CC1. The third-order valence-corrected chi connectivity index (χ3v) is 2.80. The maximum absolute atomic E-state index is 12.4. The third kappa shape index (κ3) is 4.22. The van der Waals surface area contributed by atoms with Gasteiger partial charge in [0.2, 0.25) is 0 Å². The number of amides is 1. The van der Waals surface area contributed by atoms with E-state index in [1.165, 1.54) is 21.3 Å². The molecule has 0 aliphatic carbocycles. The van der Waals surface area contributed by atoms with Gasteiger partial charge in [-0.15, -0.1) is 0 Å². The first-order chi connectivity index (χ1) is 9.63. The number of piperidine rings is 1. The van der Waals surface area contributed by atoms with E-state index in [2.05, 4.69) is 20.3 Å². The molecule has 0 aromatic heterocycles. The highest BCUT2D eigenvalue weighted by molar-refractivity contribution is 6.66. The van der Waals surface area contributed by atoms with E-state index in [0.29, 0.717) is 31.6 Å². The highest BCUT2D eigenvalue weighted by atomic mass is 16.6. The molecule has 1 aliphatic heterocycles. The topological polar surface area (TPSA) is 85.1 Å². The first-order valence-corrected chi connectivity index (χ1v) is 6.21. The van der Waals surface area contributed by atoms with Crippen molar-refractivity contribution in [3.63, 3.8) is 0 Å². The van der Waals surface area contributed by atoms with Crippen LogP contribution in [0.3, 0.4) is 0 Å². The van der Waals surface area contributed by atoms with Gasteiger partial charge >= 0.3 is 0 Å². The lowest BCUT2D eigenvalue weighted by molar-refractivity contribution is -0.124. The fourth-order valence-electron chi connectivity index (χ4n) is 1.87. The molecule has 112 valence electrons. The molecule has 0 bridgehead atoms. The molecule has 0 atom stereocenters. The average molecular weight is 284 g/mol. The van der Waals surface area contributed by atoms with E-state index < -0.39 is 0 Å². The molecule has 0 radical (unpaired) electrons. The van der Waals surface area contributed by atoms with Crippen molar-refractivity contribution >= 4 is 23.0 Å². The summed E-state index contributed by atoms with van der Waals surface area (Å²) in [7, 11) is 4.30. The van der Waals surface area contributed by atoms with Gasteiger partial charge in [0.15, 0.2) is 5.71 Å². The molecule has 1 amide bonds. The number of likely N-dealkylation sites (tertiary alicyclic amines) is 1. The number of hydrogen-bond donors (Lipinski definition) is 0. The zero-order chi connectivity index (χ0) is 15.0. The van der Waals surface area contributed by atoms with Crippen molar-refractivity contribution in [2.45, 2.75) is 19.8 Å². The predicted octanol–water partition coefficient (Wildman–Crippen LogP) is 0.636. The van der Waals surface area contributed by atoms with Crippen LogP contribution in [0, 0.1) is 0 Å². The Labute approximate surface area is 118 Å². The van der Waals surface area contributed by atoms with Crippen LogP contribution < -0.4 is 0 Å². The molecule has 0 unspecified atom stereocenters. The second-order valence-corrected chi connectivity index (χ2v) is 4.11. The largest absolute Gasteiger partial charge is 0.399 e. The number of carbonyl (C=O) groups excluding carboxylic acids is 1. The Balaban J connectivity index is 2.76. The van der Waals surface area contributed by atoms with Crippen LogP contribution >= 0.6 is 0 Å². The Morgan fingerprint density at radius 2 is 1.65 bits per heavy atom. The first-order valence-electron chi connectivity index (χ1n) is 6.21. The number of nitrogens with zero attached hydrogens (tertiary/aromatic N) is 4. The van der Waals surface area contributed by atoms with Crippen LogP contribution in [0.25, 0.3) is 0 Å². The van der Waals surface area contributed by atoms with Crippen LogP contribution in [0.4, 0.5) is 0 Å². The summed E-state index contributed by atoms with van der Waals surface area (Å²) in [5, 5.41) is 11.4. The van der Waals surface area contributed by atoms with Gasteiger partial charge in [0, 0.05) is 25.9 Å². The lowest BCUT2D eigenvalue weighted by Crippen LogP contribution is -2.44. The molecule has 0 aromatic carbocycles. The maximum Gasteiger partial charge on any atom is 0.277 e. The standard InChI is InChI=1S/C12H20N4O4/c1-9(13-18-2)11(15-20-4)12(17)16-7-5-10(6-8-16)14-19-3/h5-8H2,1-4H3. The molecule has 1 rings (SSSR count). The lowest BCUT2D eigenvalue weighted by atomic mass is 10.1. The van der Waals surface area contributed by atoms with Crippen molar-refractivity contribution in [1.29, 1.82) is 0 Å². The summed E-state index contributed by atoms with van der Waals surface area (Å²) in [6, 6.07) is 0. The number of hydrogen-bond acceptors (Lipinski definition) is 7. The molecule has 1 heterocycles. The van der Waals surface area contributed by atoms with Crippen molar-refractivity contribution in [2.24, 2.45) is 15.5 Å². The summed E-state index contributed by atoms with van der Waals surface area (Å²) in [5.74, 6) is -0.235. The van der Waals surface area contributed by atoms with Crippen LogP contribution in [0.1, 0.15) is 19.8 Å². The molecule has 0 N–H and O–H groups in total. The second-order valence-electron chi connectivity index (χ2n) is 4.11. The second kappa shape index (κ2) is 8.13. The van der Waals surface area contributed by atoms with Gasteiger partial charge in [0.1, 0.15) is 27.0 Å². The molecule has 0 spiro atoms. The van der Waals surface area contributed by atoms with E-state index >= 15 is 0 Å². The molecule has 1 aliphatic rings. The van der Waals surface area contributed by atoms with Crippen LogP contribution in [-0.4, -0.2) is 62.4 Å². The smallest absolute Gasteiger partial charge is 0.277 e. The van der Waals surface area contributed by atoms with E-state index in [0.717, 1.165) is 5.71 Å². The molecular formula is C12H20N4O4. The minimum absolute atomic E-state index is 0.140. The van der Waals surface area contributed by atoms with E-state index in [9.17, 15) is 4.79 Å². The van der Waals surface area contributed by atoms with Gasteiger partial charge in [-0.2, -0.15) is 0 Å². The fraction of sp³-hybridized carbons (Fsp3) is 0.667. The predicted molar refractivity (Wildman–Crippen MR) is 74.8 cm³/mol. The average Bonchev–Trinajstić information content (AvgIpc) is 2.45.